The molecule has 4 amide bonds. The molecular formula is C24H33N7O3. The normalized spacial score (nSPS) is 21.6. The maximum absolute atomic E-state index is 13.5. The molecule has 0 spiro atoms. The zero-order valence-corrected chi connectivity index (χ0v) is 20.0. The number of anilines is 2. The number of aryl methyl sites for hydroxylation is 1. The Labute approximate surface area is 199 Å². The Morgan fingerprint density at radius 2 is 2.00 bits per heavy atom. The number of pyridine rings is 1. The molecule has 1 saturated carbocycles. The number of aromatic nitrogens is 3. The second-order valence-electron chi connectivity index (χ2n) is 9.43. The number of hydrogen-bond acceptors (Lipinski definition) is 6. The number of rotatable bonds is 6. The van der Waals surface area contributed by atoms with Crippen molar-refractivity contribution in [1.82, 2.24) is 25.0 Å². The zero-order valence-electron chi connectivity index (χ0n) is 20.0. The van der Waals surface area contributed by atoms with Crippen molar-refractivity contribution in [2.45, 2.75) is 57.5 Å². The highest BCUT2D eigenvalue weighted by Gasteiger charge is 2.55. The van der Waals surface area contributed by atoms with Crippen LogP contribution in [0.1, 0.15) is 44.6 Å². The molecule has 1 unspecified atom stereocenters. The van der Waals surface area contributed by atoms with Crippen LogP contribution in [-0.2, 0) is 23.1 Å². The number of nitrogens with two attached hydrogens (primary N) is 1. The van der Waals surface area contributed by atoms with Crippen LogP contribution < -0.4 is 16.0 Å². The summed E-state index contributed by atoms with van der Waals surface area (Å²) in [6.45, 7) is 1.98. The minimum atomic E-state index is -0.924. The molecule has 0 aromatic carbocycles. The van der Waals surface area contributed by atoms with E-state index < -0.39 is 18.0 Å². The molecule has 2 aromatic heterocycles. The fourth-order valence-corrected chi connectivity index (χ4v) is 5.04. The van der Waals surface area contributed by atoms with E-state index in [1.807, 2.05) is 6.92 Å². The van der Waals surface area contributed by atoms with Gasteiger partial charge < -0.3 is 11.1 Å². The van der Waals surface area contributed by atoms with Crippen molar-refractivity contribution in [2.75, 3.05) is 17.7 Å². The van der Waals surface area contributed by atoms with Crippen LogP contribution in [-0.4, -0.2) is 56.6 Å². The fourth-order valence-electron chi connectivity index (χ4n) is 5.04. The van der Waals surface area contributed by atoms with Crippen LogP contribution in [0.25, 0.3) is 0 Å². The highest BCUT2D eigenvalue weighted by atomic mass is 16.2. The van der Waals surface area contributed by atoms with E-state index in [2.05, 4.69) is 15.4 Å². The van der Waals surface area contributed by atoms with Crippen molar-refractivity contribution in [3.8, 4) is 0 Å². The first-order valence-corrected chi connectivity index (χ1v) is 11.9. The summed E-state index contributed by atoms with van der Waals surface area (Å²) in [4.78, 5) is 46.3. The van der Waals surface area contributed by atoms with Crippen LogP contribution in [0.15, 0.2) is 30.6 Å². The van der Waals surface area contributed by atoms with Crippen molar-refractivity contribution >= 4 is 29.5 Å². The smallest absolute Gasteiger partial charge is 0.325 e. The monoisotopic (exact) mass is 467 g/mol. The maximum atomic E-state index is 13.5. The van der Waals surface area contributed by atoms with Crippen molar-refractivity contribution < 1.29 is 14.4 Å². The third kappa shape index (κ3) is 4.76. The first-order chi connectivity index (χ1) is 16.3. The third-order valence-electron chi connectivity index (χ3n) is 7.07. The van der Waals surface area contributed by atoms with E-state index in [4.69, 9.17) is 5.73 Å². The molecule has 10 heteroatoms. The van der Waals surface area contributed by atoms with Crippen LogP contribution >= 0.6 is 0 Å². The lowest BCUT2D eigenvalue weighted by Gasteiger charge is -2.46. The third-order valence-corrected chi connectivity index (χ3v) is 7.07. The van der Waals surface area contributed by atoms with Gasteiger partial charge in [-0.05, 0) is 49.8 Å². The number of carbonyl (C=O) groups excluding carboxylic acids is 3. The number of carbonyl (C=O) groups is 3. The number of nitrogen functional groups attached to an aromatic ring is 1. The van der Waals surface area contributed by atoms with Gasteiger partial charge in [0.2, 0.25) is 5.91 Å². The first-order valence-electron chi connectivity index (χ1n) is 11.9. The van der Waals surface area contributed by atoms with Crippen LogP contribution in [0.4, 0.5) is 16.4 Å². The topological polar surface area (TPSA) is 126 Å². The molecule has 2 aromatic rings. The second kappa shape index (κ2) is 9.82. The van der Waals surface area contributed by atoms with Crippen molar-refractivity contribution in [1.29, 1.82) is 0 Å². The summed E-state index contributed by atoms with van der Waals surface area (Å²) in [6, 6.07) is 3.66. The molecule has 34 heavy (non-hydrogen) atoms. The van der Waals surface area contributed by atoms with E-state index in [9.17, 15) is 14.4 Å². The molecule has 1 aliphatic heterocycles. The molecule has 3 N–H and O–H groups in total. The van der Waals surface area contributed by atoms with Gasteiger partial charge in [0.15, 0.2) is 5.82 Å². The van der Waals surface area contributed by atoms with E-state index in [1.165, 1.54) is 11.3 Å². The highest BCUT2D eigenvalue weighted by molar-refractivity contribution is 6.12. The van der Waals surface area contributed by atoms with Crippen molar-refractivity contribution in [3.05, 3.63) is 36.2 Å². The molecule has 0 radical (unpaired) electrons. The quantitative estimate of drug-likeness (QED) is 0.627. The van der Waals surface area contributed by atoms with Gasteiger partial charge in [-0.15, -0.1) is 0 Å². The SMILES string of the molecule is CC(NC(=O)N1C(=O)[C@H](Cc2ccnc(N)c2)[C@H]1C(=O)N(C)c1ccn(C)n1)C1CCCCC1. The molecule has 0 bridgehead atoms. The summed E-state index contributed by atoms with van der Waals surface area (Å²) in [5.74, 6) is -0.211. The Balaban J connectivity index is 1.54. The summed E-state index contributed by atoms with van der Waals surface area (Å²) in [7, 11) is 3.37. The maximum Gasteiger partial charge on any atom is 0.325 e. The van der Waals surface area contributed by atoms with E-state index in [-0.39, 0.29) is 17.9 Å². The largest absolute Gasteiger partial charge is 0.384 e. The van der Waals surface area contributed by atoms with E-state index >= 15 is 0 Å². The number of nitrogens with one attached hydrogen (secondary N) is 1. The minimum absolute atomic E-state index is 0.0658. The molecular weight excluding hydrogens is 434 g/mol. The molecule has 1 aliphatic carbocycles. The van der Waals surface area contributed by atoms with Gasteiger partial charge in [-0.3, -0.25) is 24.1 Å². The summed E-state index contributed by atoms with van der Waals surface area (Å²) in [6.07, 6.45) is 9.25. The molecule has 4 rings (SSSR count). The average molecular weight is 468 g/mol. The molecule has 2 fully saturated rings. The zero-order chi connectivity index (χ0) is 24.4. The van der Waals surface area contributed by atoms with Crippen LogP contribution in [0.5, 0.6) is 0 Å². The molecule has 3 heterocycles. The first kappa shape index (κ1) is 23.7. The Morgan fingerprint density at radius 3 is 2.65 bits per heavy atom. The van der Waals surface area contributed by atoms with Gasteiger partial charge in [0.1, 0.15) is 11.9 Å². The Morgan fingerprint density at radius 1 is 1.26 bits per heavy atom. The van der Waals surface area contributed by atoms with Gasteiger partial charge in [-0.1, -0.05) is 19.3 Å². The second-order valence-corrected chi connectivity index (χ2v) is 9.43. The summed E-state index contributed by atoms with van der Waals surface area (Å²) >= 11 is 0. The number of likely N-dealkylation sites (tertiary alicyclic amines) is 1. The van der Waals surface area contributed by atoms with Gasteiger partial charge in [0, 0.05) is 38.6 Å². The summed E-state index contributed by atoms with van der Waals surface area (Å²) in [5.41, 5.74) is 6.59. The lowest BCUT2D eigenvalue weighted by molar-refractivity contribution is -0.156. The molecule has 1 saturated heterocycles. The van der Waals surface area contributed by atoms with E-state index in [1.54, 1.807) is 49.4 Å². The molecule has 182 valence electrons. The van der Waals surface area contributed by atoms with Gasteiger partial charge in [0.05, 0.1) is 5.92 Å². The highest BCUT2D eigenvalue weighted by Crippen LogP contribution is 2.33. The Kier molecular flexibility index (Phi) is 6.85. The van der Waals surface area contributed by atoms with E-state index in [0.29, 0.717) is 24.0 Å². The lowest BCUT2D eigenvalue weighted by Crippen LogP contribution is -2.71. The molecule has 3 atom stereocenters. The number of urea groups is 1. The van der Waals surface area contributed by atoms with E-state index in [0.717, 1.165) is 36.1 Å². The number of likely N-dealkylation sites (N-methyl/N-ethyl adjacent to an activating group) is 1. The lowest BCUT2D eigenvalue weighted by atomic mass is 9.81. The number of hydrogen-bond donors (Lipinski definition) is 2. The van der Waals surface area contributed by atoms with Gasteiger partial charge in [-0.2, -0.15) is 5.10 Å². The number of imide groups is 1. The number of β-lactam (4-membered cyclic amide) rings is 1. The average Bonchev–Trinajstić information content (AvgIpc) is 3.26. The van der Waals surface area contributed by atoms with Crippen molar-refractivity contribution in [3.63, 3.8) is 0 Å². The van der Waals surface area contributed by atoms with Crippen LogP contribution in [0.3, 0.4) is 0 Å². The molecule has 10 nitrogen and oxygen atoms in total. The van der Waals surface area contributed by atoms with Gasteiger partial charge in [-0.25, -0.2) is 9.78 Å². The number of amides is 4. The Hall–Kier alpha value is -3.43. The molecule has 2 aliphatic rings. The van der Waals surface area contributed by atoms with Crippen LogP contribution in [0.2, 0.25) is 0 Å². The minimum Gasteiger partial charge on any atom is -0.384 e. The summed E-state index contributed by atoms with van der Waals surface area (Å²) in [5, 5.41) is 7.27. The Bertz CT molecular complexity index is 1060. The van der Waals surface area contributed by atoms with Gasteiger partial charge in [0.25, 0.3) is 5.91 Å². The summed E-state index contributed by atoms with van der Waals surface area (Å²) < 4.78 is 1.60. The standard InChI is InChI=1S/C24H33N7O3/c1-15(17-7-5-4-6-8-17)27-24(34)31-21(23(33)30(3)20-10-12-29(2)28-20)18(22(31)32)13-16-9-11-26-19(25)14-16/h9-12,14-15,17-18,21H,4-8,13H2,1-3H3,(H2,25,26)(H,27,34)/t15?,18-,21+/m1/s1. The predicted octanol–water partition coefficient (Wildman–Crippen LogP) is 2.11. The van der Waals surface area contributed by atoms with Crippen LogP contribution in [0, 0.1) is 11.8 Å². The fraction of sp³-hybridized carbons (Fsp3) is 0.542. The predicted molar refractivity (Wildman–Crippen MR) is 128 cm³/mol. The van der Waals surface area contributed by atoms with Gasteiger partial charge >= 0.3 is 6.03 Å². The number of nitrogens with zero attached hydrogens (tertiary/aromatic N) is 5. The van der Waals surface area contributed by atoms with Crippen molar-refractivity contribution in [2.24, 2.45) is 18.9 Å².